The zero-order valence-electron chi connectivity index (χ0n) is 18.5. The summed E-state index contributed by atoms with van der Waals surface area (Å²) in [5.74, 6) is 2.34. The highest BCUT2D eigenvalue weighted by atomic mass is 32.1. The lowest BCUT2D eigenvalue weighted by molar-refractivity contribution is -0.136. The third-order valence-electron chi connectivity index (χ3n) is 5.33. The number of nitrogens with zero attached hydrogens (tertiary/aromatic N) is 2. The Balaban J connectivity index is 1.68. The average Bonchev–Trinajstić information content (AvgIpc) is 3.27. The van der Waals surface area contributed by atoms with Crippen LogP contribution in [0.4, 0.5) is 4.39 Å². The molecule has 1 N–H and O–H groups in total. The van der Waals surface area contributed by atoms with Crippen LogP contribution in [0.25, 0.3) is 0 Å². The number of carbonyl (C=O) groups is 1. The van der Waals surface area contributed by atoms with Crippen LogP contribution >= 0.6 is 11.3 Å². The zero-order valence-corrected chi connectivity index (χ0v) is 19.3. The van der Waals surface area contributed by atoms with Gasteiger partial charge in [0.15, 0.2) is 0 Å². The first-order valence-corrected chi connectivity index (χ1v) is 11.7. The lowest BCUT2D eigenvalue weighted by Gasteiger charge is -2.37. The number of hydrogen-bond donors (Lipinski definition) is 1. The topological polar surface area (TPSA) is 62.2 Å². The molecule has 6 nitrogen and oxygen atoms in total. The molecule has 0 unspecified atom stereocenters. The number of carbonyl (C=O) groups excluding carboxylic acids is 1. The molecule has 3 rings (SSSR count). The van der Waals surface area contributed by atoms with Gasteiger partial charge in [0.25, 0.3) is 0 Å². The molecule has 0 saturated carbocycles. The molecule has 1 aromatic carbocycles. The molecule has 0 aliphatic carbocycles. The van der Waals surface area contributed by atoms with E-state index in [0.29, 0.717) is 18.8 Å². The van der Waals surface area contributed by atoms with Crippen molar-refractivity contribution in [3.63, 3.8) is 0 Å². The van der Waals surface area contributed by atoms with E-state index >= 15 is 0 Å². The second-order valence-electron chi connectivity index (χ2n) is 7.78. The average molecular weight is 473 g/mol. The number of terminal acetylenes is 1. The van der Waals surface area contributed by atoms with Crippen LogP contribution in [0, 0.1) is 18.2 Å². The molecule has 1 aromatic heterocycles. The van der Waals surface area contributed by atoms with E-state index in [9.17, 15) is 14.3 Å². The highest BCUT2D eigenvalue weighted by Crippen LogP contribution is 2.34. The summed E-state index contributed by atoms with van der Waals surface area (Å²) in [7, 11) is 0. The maximum Gasteiger partial charge on any atom is 0.237 e. The van der Waals surface area contributed by atoms with Crippen molar-refractivity contribution in [2.24, 2.45) is 0 Å². The minimum Gasteiger partial charge on any atom is -0.491 e. The van der Waals surface area contributed by atoms with Gasteiger partial charge in [-0.05, 0) is 35.6 Å². The monoisotopic (exact) mass is 472 g/mol. The van der Waals surface area contributed by atoms with E-state index in [1.165, 1.54) is 17.0 Å². The number of aliphatic hydroxyl groups is 1. The SMILES string of the molecule is C#CCOC[C@@H](O)CN(CC=C)CC(=O)N1CCc2sccc2[C@@H]1COc1cccc(F)c1. The molecule has 0 radical (unpaired) electrons. The van der Waals surface area contributed by atoms with Crippen LogP contribution in [0.2, 0.25) is 0 Å². The molecular formula is C25H29FN2O4S. The molecule has 8 heteroatoms. The van der Waals surface area contributed by atoms with E-state index in [0.717, 1.165) is 12.0 Å². The van der Waals surface area contributed by atoms with E-state index in [2.05, 4.69) is 12.5 Å². The van der Waals surface area contributed by atoms with Gasteiger partial charge in [-0.1, -0.05) is 18.1 Å². The summed E-state index contributed by atoms with van der Waals surface area (Å²) in [6.45, 7) is 5.59. The third-order valence-corrected chi connectivity index (χ3v) is 6.33. The first kappa shape index (κ1) is 24.9. The van der Waals surface area contributed by atoms with E-state index in [1.807, 2.05) is 21.2 Å². The van der Waals surface area contributed by atoms with Gasteiger partial charge in [0.1, 0.15) is 24.8 Å². The van der Waals surface area contributed by atoms with Crippen LogP contribution in [0.5, 0.6) is 5.75 Å². The van der Waals surface area contributed by atoms with Crippen LogP contribution in [0.15, 0.2) is 48.4 Å². The van der Waals surface area contributed by atoms with Crippen molar-refractivity contribution in [3.8, 4) is 18.1 Å². The number of ether oxygens (including phenoxy) is 2. The van der Waals surface area contributed by atoms with E-state index in [-0.39, 0.29) is 50.7 Å². The fourth-order valence-electron chi connectivity index (χ4n) is 3.88. The Bertz CT molecular complexity index is 973. The number of amides is 1. The van der Waals surface area contributed by atoms with Gasteiger partial charge in [-0.2, -0.15) is 0 Å². The lowest BCUT2D eigenvalue weighted by atomic mass is 10.0. The van der Waals surface area contributed by atoms with Crippen molar-refractivity contribution >= 4 is 17.2 Å². The quantitative estimate of drug-likeness (QED) is 0.292. The number of rotatable bonds is 12. The number of aliphatic hydroxyl groups excluding tert-OH is 1. The molecule has 1 aliphatic rings. The van der Waals surface area contributed by atoms with Gasteiger partial charge < -0.3 is 19.5 Å². The smallest absolute Gasteiger partial charge is 0.237 e. The van der Waals surface area contributed by atoms with Crippen LogP contribution in [0.3, 0.4) is 0 Å². The van der Waals surface area contributed by atoms with Crippen molar-refractivity contribution < 1.29 is 23.8 Å². The van der Waals surface area contributed by atoms with Gasteiger partial charge in [0, 0.05) is 30.6 Å². The zero-order chi connectivity index (χ0) is 23.6. The van der Waals surface area contributed by atoms with Gasteiger partial charge in [0.2, 0.25) is 5.91 Å². The van der Waals surface area contributed by atoms with Crippen molar-refractivity contribution in [1.29, 1.82) is 0 Å². The summed E-state index contributed by atoms with van der Waals surface area (Å²) in [6, 6.07) is 7.73. The predicted molar refractivity (Wildman–Crippen MR) is 127 cm³/mol. The van der Waals surface area contributed by atoms with E-state index in [1.54, 1.807) is 29.5 Å². The molecule has 1 aliphatic heterocycles. The third kappa shape index (κ3) is 7.14. The van der Waals surface area contributed by atoms with Crippen LogP contribution in [-0.2, 0) is 16.0 Å². The predicted octanol–water partition coefficient (Wildman–Crippen LogP) is 2.89. The summed E-state index contributed by atoms with van der Waals surface area (Å²) in [5, 5.41) is 12.3. The van der Waals surface area contributed by atoms with Gasteiger partial charge >= 0.3 is 0 Å². The van der Waals surface area contributed by atoms with Gasteiger partial charge in [-0.15, -0.1) is 24.3 Å². The molecule has 176 valence electrons. The number of halogens is 1. The van der Waals surface area contributed by atoms with Crippen molar-refractivity contribution in [2.75, 3.05) is 46.0 Å². The summed E-state index contributed by atoms with van der Waals surface area (Å²) in [4.78, 5) is 18.2. The largest absolute Gasteiger partial charge is 0.491 e. The Morgan fingerprint density at radius 1 is 1.48 bits per heavy atom. The molecule has 2 aromatic rings. The van der Waals surface area contributed by atoms with Crippen LogP contribution < -0.4 is 4.74 Å². The first-order valence-electron chi connectivity index (χ1n) is 10.8. The summed E-state index contributed by atoms with van der Waals surface area (Å²) >= 11 is 1.67. The van der Waals surface area contributed by atoms with E-state index < -0.39 is 6.10 Å². The maximum atomic E-state index is 13.5. The Morgan fingerprint density at radius 3 is 3.09 bits per heavy atom. The molecule has 2 heterocycles. The molecule has 0 spiro atoms. The van der Waals surface area contributed by atoms with Crippen molar-refractivity contribution in [2.45, 2.75) is 18.6 Å². The molecule has 2 atom stereocenters. The molecule has 0 saturated heterocycles. The fourth-order valence-corrected chi connectivity index (χ4v) is 4.81. The minimum absolute atomic E-state index is 0.0710. The number of fused-ring (bicyclic) bond motifs is 1. The number of hydrogen-bond acceptors (Lipinski definition) is 6. The Labute approximate surface area is 198 Å². The summed E-state index contributed by atoms with van der Waals surface area (Å²) in [6.07, 6.45) is 6.86. The lowest BCUT2D eigenvalue weighted by Crippen LogP contribution is -2.48. The van der Waals surface area contributed by atoms with Crippen LogP contribution in [0.1, 0.15) is 16.5 Å². The highest BCUT2D eigenvalue weighted by Gasteiger charge is 2.33. The fraction of sp³-hybridized carbons (Fsp3) is 0.400. The maximum absolute atomic E-state index is 13.5. The molecule has 1 amide bonds. The molecule has 0 bridgehead atoms. The minimum atomic E-state index is -0.775. The summed E-state index contributed by atoms with van der Waals surface area (Å²) in [5.41, 5.74) is 1.06. The van der Waals surface area contributed by atoms with E-state index in [4.69, 9.17) is 15.9 Å². The second-order valence-corrected chi connectivity index (χ2v) is 8.78. The number of thiophene rings is 1. The van der Waals surface area contributed by atoms with Crippen LogP contribution in [-0.4, -0.2) is 72.9 Å². The van der Waals surface area contributed by atoms with Crippen molar-refractivity contribution in [3.05, 3.63) is 64.6 Å². The Hall–Kier alpha value is -2.70. The standard InChI is InChI=1S/C25H29FN2O4S/c1-3-10-27(15-20(29)17-31-12-4-2)16-25(30)28-11-8-24-22(9-13-33-24)23(28)18-32-21-7-5-6-19(26)14-21/h2-3,5-7,9,13-14,20,23,29H,1,8,10-12,15-18H2/t20-,23-/m0/s1. The highest BCUT2D eigenvalue weighted by molar-refractivity contribution is 7.10. The number of benzene rings is 1. The van der Waals surface area contributed by atoms with Gasteiger partial charge in [-0.25, -0.2) is 4.39 Å². The molecule has 33 heavy (non-hydrogen) atoms. The van der Waals surface area contributed by atoms with Crippen molar-refractivity contribution in [1.82, 2.24) is 9.80 Å². The van der Waals surface area contributed by atoms with Gasteiger partial charge in [0.05, 0.1) is 25.3 Å². The Morgan fingerprint density at radius 2 is 2.33 bits per heavy atom. The summed E-state index contributed by atoms with van der Waals surface area (Å²) < 4.78 is 24.6. The Kier molecular flexibility index (Phi) is 9.46. The first-order chi connectivity index (χ1) is 16.0. The molecular weight excluding hydrogens is 443 g/mol. The molecule has 0 fully saturated rings. The van der Waals surface area contributed by atoms with Gasteiger partial charge in [-0.3, -0.25) is 9.69 Å². The second kappa shape index (κ2) is 12.5. The normalized spacial score (nSPS) is 16.2.